The maximum atomic E-state index is 12.8. The van der Waals surface area contributed by atoms with Crippen LogP contribution in [0.15, 0.2) is 22.7 Å². The monoisotopic (exact) mass is 319 g/mol. The molecular formula is C11H11BrFNO4. The molecule has 0 heterocycles. The molecule has 0 fully saturated rings. The molecule has 1 aromatic carbocycles. The summed E-state index contributed by atoms with van der Waals surface area (Å²) >= 11 is 3.08. The van der Waals surface area contributed by atoms with Crippen molar-refractivity contribution in [3.05, 3.63) is 28.5 Å². The van der Waals surface area contributed by atoms with E-state index in [1.54, 1.807) is 0 Å². The lowest BCUT2D eigenvalue weighted by atomic mass is 10.3. The first-order valence-corrected chi connectivity index (χ1v) is 5.79. The van der Waals surface area contributed by atoms with Crippen molar-refractivity contribution in [3.63, 3.8) is 0 Å². The summed E-state index contributed by atoms with van der Waals surface area (Å²) in [6.07, 6.45) is 0. The van der Waals surface area contributed by atoms with Gasteiger partial charge in [0.2, 0.25) is 0 Å². The summed E-state index contributed by atoms with van der Waals surface area (Å²) in [6.45, 7) is 0.996. The Balaban J connectivity index is 2.50. The predicted octanol–water partition coefficient (Wildman–Crippen LogP) is 1.56. The van der Waals surface area contributed by atoms with Crippen LogP contribution in [0.2, 0.25) is 0 Å². The van der Waals surface area contributed by atoms with E-state index in [2.05, 4.69) is 21.2 Å². The third kappa shape index (κ3) is 4.33. The van der Waals surface area contributed by atoms with Crippen molar-refractivity contribution in [1.82, 2.24) is 5.32 Å². The molecule has 7 heteroatoms. The number of halogens is 2. The highest BCUT2D eigenvalue weighted by atomic mass is 79.9. The van der Waals surface area contributed by atoms with Gasteiger partial charge in [-0.15, -0.1) is 0 Å². The predicted molar refractivity (Wildman–Crippen MR) is 64.8 cm³/mol. The number of aliphatic carboxylic acids is 1. The van der Waals surface area contributed by atoms with Crippen LogP contribution in [0.5, 0.6) is 5.75 Å². The molecule has 0 aliphatic heterocycles. The van der Waals surface area contributed by atoms with Crippen LogP contribution < -0.4 is 10.1 Å². The number of amides is 1. The van der Waals surface area contributed by atoms with Gasteiger partial charge in [-0.1, -0.05) is 0 Å². The summed E-state index contributed by atoms with van der Waals surface area (Å²) in [5.74, 6) is -1.83. The summed E-state index contributed by atoms with van der Waals surface area (Å²) in [5, 5.41) is 10.8. The average molecular weight is 320 g/mol. The van der Waals surface area contributed by atoms with Crippen LogP contribution in [-0.4, -0.2) is 29.6 Å². The summed E-state index contributed by atoms with van der Waals surface area (Å²) in [7, 11) is 0. The Morgan fingerprint density at radius 2 is 2.22 bits per heavy atom. The normalized spacial score (nSPS) is 11.7. The summed E-state index contributed by atoms with van der Waals surface area (Å²) in [6, 6.07) is 2.77. The first-order valence-electron chi connectivity index (χ1n) is 5.00. The van der Waals surface area contributed by atoms with Crippen molar-refractivity contribution in [2.24, 2.45) is 0 Å². The number of hydrogen-bond acceptors (Lipinski definition) is 3. The van der Waals surface area contributed by atoms with E-state index in [9.17, 15) is 14.0 Å². The Morgan fingerprint density at radius 1 is 1.56 bits per heavy atom. The second kappa shape index (κ2) is 6.34. The molecule has 2 N–H and O–H groups in total. The molecule has 18 heavy (non-hydrogen) atoms. The molecule has 0 bridgehead atoms. The lowest BCUT2D eigenvalue weighted by Crippen LogP contribution is -2.40. The lowest BCUT2D eigenvalue weighted by molar-refractivity contribution is -0.141. The smallest absolute Gasteiger partial charge is 0.325 e. The van der Waals surface area contributed by atoms with E-state index in [4.69, 9.17) is 9.84 Å². The van der Waals surface area contributed by atoms with E-state index < -0.39 is 23.7 Å². The molecule has 0 saturated carbocycles. The van der Waals surface area contributed by atoms with E-state index in [1.807, 2.05) is 0 Å². The fourth-order valence-corrected chi connectivity index (χ4v) is 1.55. The Hall–Kier alpha value is -1.63. The van der Waals surface area contributed by atoms with Crippen LogP contribution in [0.1, 0.15) is 6.92 Å². The Morgan fingerprint density at radius 3 is 2.78 bits per heavy atom. The van der Waals surface area contributed by atoms with Gasteiger partial charge in [0, 0.05) is 0 Å². The van der Waals surface area contributed by atoms with Gasteiger partial charge in [-0.25, -0.2) is 4.39 Å². The molecule has 0 saturated heterocycles. The van der Waals surface area contributed by atoms with Gasteiger partial charge in [0.25, 0.3) is 5.91 Å². The number of nitrogens with one attached hydrogen (secondary N) is 1. The highest BCUT2D eigenvalue weighted by molar-refractivity contribution is 9.10. The number of ether oxygens (including phenoxy) is 1. The number of carboxylic acids is 1. The fourth-order valence-electron chi connectivity index (χ4n) is 1.08. The highest BCUT2D eigenvalue weighted by Gasteiger charge is 2.14. The van der Waals surface area contributed by atoms with Gasteiger partial charge >= 0.3 is 5.97 Å². The number of rotatable bonds is 5. The van der Waals surface area contributed by atoms with Crippen molar-refractivity contribution in [3.8, 4) is 5.75 Å². The van der Waals surface area contributed by atoms with Gasteiger partial charge in [-0.3, -0.25) is 9.59 Å². The zero-order chi connectivity index (χ0) is 13.7. The van der Waals surface area contributed by atoms with Crippen molar-refractivity contribution in [2.45, 2.75) is 13.0 Å². The molecular weight excluding hydrogens is 309 g/mol. The van der Waals surface area contributed by atoms with Crippen LogP contribution in [0.3, 0.4) is 0 Å². The molecule has 1 atom stereocenters. The second-order valence-electron chi connectivity index (χ2n) is 3.49. The minimum atomic E-state index is -1.13. The SMILES string of the molecule is CC(NC(=O)COc1ccc(F)cc1Br)C(=O)O. The summed E-state index contributed by atoms with van der Waals surface area (Å²) < 4.78 is 18.3. The molecule has 0 radical (unpaired) electrons. The lowest BCUT2D eigenvalue weighted by Gasteiger charge is -2.11. The summed E-state index contributed by atoms with van der Waals surface area (Å²) in [4.78, 5) is 21.8. The molecule has 0 spiro atoms. The minimum absolute atomic E-state index is 0.300. The number of benzene rings is 1. The average Bonchev–Trinajstić information content (AvgIpc) is 2.27. The summed E-state index contributed by atoms with van der Waals surface area (Å²) in [5.41, 5.74) is 0. The topological polar surface area (TPSA) is 75.6 Å². The van der Waals surface area contributed by atoms with Crippen LogP contribution >= 0.6 is 15.9 Å². The van der Waals surface area contributed by atoms with Crippen molar-refractivity contribution in [2.75, 3.05) is 6.61 Å². The number of hydrogen-bond donors (Lipinski definition) is 2. The molecule has 0 aliphatic carbocycles. The van der Waals surface area contributed by atoms with E-state index in [-0.39, 0.29) is 6.61 Å². The molecule has 0 aliphatic rings. The van der Waals surface area contributed by atoms with Crippen LogP contribution in [0, 0.1) is 5.82 Å². The van der Waals surface area contributed by atoms with Crippen LogP contribution in [0.4, 0.5) is 4.39 Å². The molecule has 98 valence electrons. The molecule has 0 aromatic heterocycles. The van der Waals surface area contributed by atoms with Crippen molar-refractivity contribution in [1.29, 1.82) is 0 Å². The zero-order valence-corrected chi connectivity index (χ0v) is 11.0. The third-order valence-electron chi connectivity index (χ3n) is 2.00. The molecule has 1 aromatic rings. The van der Waals surface area contributed by atoms with Gasteiger partial charge in [0.05, 0.1) is 4.47 Å². The fraction of sp³-hybridized carbons (Fsp3) is 0.273. The molecule has 5 nitrogen and oxygen atoms in total. The second-order valence-corrected chi connectivity index (χ2v) is 4.35. The van der Waals surface area contributed by atoms with Gasteiger partial charge in [0.15, 0.2) is 6.61 Å². The van der Waals surface area contributed by atoms with Gasteiger partial charge < -0.3 is 15.2 Å². The van der Waals surface area contributed by atoms with E-state index in [0.29, 0.717) is 10.2 Å². The first-order chi connectivity index (χ1) is 8.40. The Labute approximate surface area is 111 Å². The quantitative estimate of drug-likeness (QED) is 0.863. The first kappa shape index (κ1) is 14.4. The standard InChI is InChI=1S/C11H11BrFNO4/c1-6(11(16)17)14-10(15)5-18-9-3-2-7(13)4-8(9)12/h2-4,6H,5H2,1H3,(H,14,15)(H,16,17). The number of carbonyl (C=O) groups excluding carboxylic acids is 1. The molecule has 1 unspecified atom stereocenters. The van der Waals surface area contributed by atoms with E-state index in [1.165, 1.54) is 25.1 Å². The third-order valence-corrected chi connectivity index (χ3v) is 2.62. The molecule has 1 amide bonds. The number of carboxylic acid groups (broad SMARTS) is 1. The molecule has 1 rings (SSSR count). The van der Waals surface area contributed by atoms with Gasteiger partial charge in [0.1, 0.15) is 17.6 Å². The van der Waals surface area contributed by atoms with Crippen molar-refractivity contribution < 1.29 is 23.8 Å². The van der Waals surface area contributed by atoms with Gasteiger partial charge in [-0.2, -0.15) is 0 Å². The Bertz CT molecular complexity index is 466. The Kier molecular flexibility index (Phi) is 5.08. The van der Waals surface area contributed by atoms with Crippen LogP contribution in [0.25, 0.3) is 0 Å². The van der Waals surface area contributed by atoms with Gasteiger partial charge in [-0.05, 0) is 41.1 Å². The highest BCUT2D eigenvalue weighted by Crippen LogP contribution is 2.25. The van der Waals surface area contributed by atoms with Crippen LogP contribution in [-0.2, 0) is 9.59 Å². The van der Waals surface area contributed by atoms with E-state index >= 15 is 0 Å². The maximum Gasteiger partial charge on any atom is 0.325 e. The minimum Gasteiger partial charge on any atom is -0.483 e. The van der Waals surface area contributed by atoms with Crippen molar-refractivity contribution >= 4 is 27.8 Å². The largest absolute Gasteiger partial charge is 0.483 e. The zero-order valence-electron chi connectivity index (χ0n) is 9.44. The maximum absolute atomic E-state index is 12.8. The van der Waals surface area contributed by atoms with E-state index in [0.717, 1.165) is 0 Å². The number of carbonyl (C=O) groups is 2.